The molecule has 5 heteroatoms. The van der Waals surface area contributed by atoms with Gasteiger partial charge in [-0.25, -0.2) is 4.98 Å². The summed E-state index contributed by atoms with van der Waals surface area (Å²) in [5.74, 6) is -1.13. The number of aromatic nitrogens is 1. The molecule has 25 heavy (non-hydrogen) atoms. The van der Waals surface area contributed by atoms with Crippen molar-refractivity contribution < 1.29 is 15.0 Å². The van der Waals surface area contributed by atoms with Gasteiger partial charge in [0.1, 0.15) is 4.83 Å². The van der Waals surface area contributed by atoms with Gasteiger partial charge in [-0.1, -0.05) is 29.8 Å². The number of hydrogen-bond donors (Lipinski definition) is 2. The molecule has 0 saturated heterocycles. The third-order valence-corrected chi connectivity index (χ3v) is 6.04. The molecule has 1 aliphatic carbocycles. The van der Waals surface area contributed by atoms with Crippen LogP contribution in [0.3, 0.4) is 0 Å². The number of fused-ring (bicyclic) bond motifs is 3. The quantitative estimate of drug-likeness (QED) is 0.728. The smallest absolute Gasteiger partial charge is 0.308 e. The molecular formula is C20H19NO3S. The van der Waals surface area contributed by atoms with Crippen LogP contribution in [0.25, 0.3) is 21.3 Å². The van der Waals surface area contributed by atoms with Crippen LogP contribution in [-0.2, 0) is 24.1 Å². The highest BCUT2D eigenvalue weighted by Gasteiger charge is 2.25. The molecular weight excluding hydrogens is 334 g/mol. The summed E-state index contributed by atoms with van der Waals surface area (Å²) in [6, 6.07) is 8.04. The lowest BCUT2D eigenvalue weighted by molar-refractivity contribution is -0.136. The number of pyridine rings is 1. The highest BCUT2D eigenvalue weighted by Crippen LogP contribution is 2.44. The lowest BCUT2D eigenvalue weighted by Gasteiger charge is -2.15. The first kappa shape index (κ1) is 16.1. The number of aliphatic carboxylic acids is 1. The van der Waals surface area contributed by atoms with Crippen LogP contribution in [0.2, 0.25) is 0 Å². The second kappa shape index (κ2) is 6.15. The van der Waals surface area contributed by atoms with Gasteiger partial charge in [0.25, 0.3) is 0 Å². The Kier molecular flexibility index (Phi) is 3.96. The van der Waals surface area contributed by atoms with Gasteiger partial charge in [-0.05, 0) is 43.7 Å². The first-order valence-corrected chi connectivity index (χ1v) is 9.31. The molecule has 1 aromatic carbocycles. The Bertz CT molecular complexity index is 973. The minimum Gasteiger partial charge on any atom is -0.493 e. The third kappa shape index (κ3) is 2.78. The summed E-state index contributed by atoms with van der Waals surface area (Å²) in [7, 11) is 0. The SMILES string of the molecule is Cc1ccc(-c2c(CC(=O)O)c(O)nc3sc4c(c23)CCCC4)cc1. The first-order chi connectivity index (χ1) is 12.0. The number of thiophene rings is 1. The van der Waals surface area contributed by atoms with E-state index in [0.717, 1.165) is 46.2 Å². The number of rotatable bonds is 3. The van der Waals surface area contributed by atoms with Crippen LogP contribution in [0.4, 0.5) is 0 Å². The van der Waals surface area contributed by atoms with Gasteiger partial charge >= 0.3 is 5.97 Å². The Labute approximate surface area is 149 Å². The highest BCUT2D eigenvalue weighted by molar-refractivity contribution is 7.19. The van der Waals surface area contributed by atoms with E-state index in [1.807, 2.05) is 31.2 Å². The van der Waals surface area contributed by atoms with Crippen molar-refractivity contribution in [1.29, 1.82) is 0 Å². The lowest BCUT2D eigenvalue weighted by Crippen LogP contribution is -2.05. The largest absolute Gasteiger partial charge is 0.493 e. The van der Waals surface area contributed by atoms with Crippen LogP contribution in [0.5, 0.6) is 5.88 Å². The number of carboxylic acid groups (broad SMARTS) is 1. The lowest BCUT2D eigenvalue weighted by atomic mass is 9.89. The molecule has 2 heterocycles. The van der Waals surface area contributed by atoms with Gasteiger partial charge in [-0.15, -0.1) is 11.3 Å². The summed E-state index contributed by atoms with van der Waals surface area (Å²) in [5, 5.41) is 20.8. The standard InChI is InChI=1S/C20H19NO3S/c1-11-6-8-12(9-7-11)17-14(10-16(22)23)19(24)21-20-18(17)13-4-2-3-5-15(13)25-20/h6-9H,2-5,10H2,1H3,(H,21,24)(H,22,23). The van der Waals surface area contributed by atoms with E-state index in [0.29, 0.717) is 5.56 Å². The topological polar surface area (TPSA) is 70.4 Å². The molecule has 128 valence electrons. The van der Waals surface area contributed by atoms with Crippen molar-refractivity contribution in [3.63, 3.8) is 0 Å². The van der Waals surface area contributed by atoms with E-state index < -0.39 is 5.97 Å². The minimum absolute atomic E-state index is 0.163. The van der Waals surface area contributed by atoms with E-state index in [4.69, 9.17) is 0 Å². The number of benzene rings is 1. The summed E-state index contributed by atoms with van der Waals surface area (Å²) in [6.07, 6.45) is 4.11. The molecule has 0 aliphatic heterocycles. The monoisotopic (exact) mass is 353 g/mol. The van der Waals surface area contributed by atoms with E-state index in [1.165, 1.54) is 16.9 Å². The molecule has 0 saturated carbocycles. The van der Waals surface area contributed by atoms with Crippen LogP contribution in [0.15, 0.2) is 24.3 Å². The Morgan fingerprint density at radius 3 is 2.64 bits per heavy atom. The summed E-state index contributed by atoms with van der Waals surface area (Å²) in [4.78, 5) is 17.9. The van der Waals surface area contributed by atoms with Crippen molar-refractivity contribution in [2.75, 3.05) is 0 Å². The molecule has 2 N–H and O–H groups in total. The summed E-state index contributed by atoms with van der Waals surface area (Å²) < 4.78 is 0. The molecule has 4 nitrogen and oxygen atoms in total. The number of hydrogen-bond acceptors (Lipinski definition) is 4. The van der Waals surface area contributed by atoms with Crippen molar-refractivity contribution in [2.24, 2.45) is 0 Å². The second-order valence-corrected chi connectivity index (χ2v) is 7.70. The van der Waals surface area contributed by atoms with E-state index in [1.54, 1.807) is 11.3 Å². The Hall–Kier alpha value is -2.40. The summed E-state index contributed by atoms with van der Waals surface area (Å²) in [5.41, 5.74) is 4.63. The molecule has 0 fully saturated rings. The minimum atomic E-state index is -0.964. The zero-order valence-electron chi connectivity index (χ0n) is 14.0. The van der Waals surface area contributed by atoms with Gasteiger partial charge in [-0.2, -0.15) is 0 Å². The second-order valence-electron chi connectivity index (χ2n) is 6.62. The molecule has 0 unspecified atom stereocenters. The molecule has 2 aromatic heterocycles. The predicted octanol–water partition coefficient (Wildman–Crippen LogP) is 4.48. The summed E-state index contributed by atoms with van der Waals surface area (Å²) in [6.45, 7) is 2.02. The first-order valence-electron chi connectivity index (χ1n) is 8.49. The molecule has 0 amide bonds. The van der Waals surface area contributed by atoms with Gasteiger partial charge in [0.05, 0.1) is 6.42 Å². The maximum atomic E-state index is 11.4. The van der Waals surface area contributed by atoms with Crippen LogP contribution in [-0.4, -0.2) is 21.2 Å². The number of aromatic hydroxyl groups is 1. The Morgan fingerprint density at radius 1 is 1.20 bits per heavy atom. The zero-order chi connectivity index (χ0) is 17.6. The number of carboxylic acids is 1. The fraction of sp³-hybridized carbons (Fsp3) is 0.300. The van der Waals surface area contributed by atoms with Crippen LogP contribution >= 0.6 is 11.3 Å². The Balaban J connectivity index is 2.08. The fourth-order valence-corrected chi connectivity index (χ4v) is 4.94. The van der Waals surface area contributed by atoms with E-state index in [-0.39, 0.29) is 12.3 Å². The van der Waals surface area contributed by atoms with E-state index >= 15 is 0 Å². The number of carbonyl (C=O) groups is 1. The molecule has 4 rings (SSSR count). The van der Waals surface area contributed by atoms with Crippen LogP contribution in [0, 0.1) is 6.92 Å². The van der Waals surface area contributed by atoms with Gasteiger partial charge in [0.15, 0.2) is 0 Å². The Morgan fingerprint density at radius 2 is 1.92 bits per heavy atom. The molecule has 3 aromatic rings. The average molecular weight is 353 g/mol. The molecule has 1 aliphatic rings. The molecule has 0 atom stereocenters. The third-order valence-electron chi connectivity index (χ3n) is 4.85. The van der Waals surface area contributed by atoms with Gasteiger partial charge in [-0.3, -0.25) is 4.79 Å². The molecule has 0 spiro atoms. The fourth-order valence-electron chi connectivity index (χ4n) is 3.67. The van der Waals surface area contributed by atoms with Gasteiger partial charge in [0, 0.05) is 21.4 Å². The zero-order valence-corrected chi connectivity index (χ0v) is 14.8. The van der Waals surface area contributed by atoms with Gasteiger partial charge in [0.2, 0.25) is 5.88 Å². The highest BCUT2D eigenvalue weighted by atomic mass is 32.1. The van der Waals surface area contributed by atoms with Gasteiger partial charge < -0.3 is 10.2 Å². The van der Waals surface area contributed by atoms with Crippen molar-refractivity contribution in [3.8, 4) is 17.0 Å². The molecule has 0 radical (unpaired) electrons. The normalized spacial score (nSPS) is 13.8. The van der Waals surface area contributed by atoms with Crippen molar-refractivity contribution in [3.05, 3.63) is 45.8 Å². The number of nitrogens with zero attached hydrogens (tertiary/aromatic N) is 1. The van der Waals surface area contributed by atoms with Crippen LogP contribution < -0.4 is 0 Å². The maximum Gasteiger partial charge on any atom is 0.308 e. The van der Waals surface area contributed by atoms with E-state index in [9.17, 15) is 15.0 Å². The van der Waals surface area contributed by atoms with Crippen molar-refractivity contribution >= 4 is 27.5 Å². The average Bonchev–Trinajstić information content (AvgIpc) is 2.94. The molecule has 0 bridgehead atoms. The van der Waals surface area contributed by atoms with E-state index in [2.05, 4.69) is 4.98 Å². The van der Waals surface area contributed by atoms with Crippen molar-refractivity contribution in [1.82, 2.24) is 4.98 Å². The van der Waals surface area contributed by atoms with Crippen LogP contribution in [0.1, 0.15) is 34.4 Å². The summed E-state index contributed by atoms with van der Waals surface area (Å²) >= 11 is 1.63. The number of aryl methyl sites for hydroxylation is 3. The van der Waals surface area contributed by atoms with Crippen molar-refractivity contribution in [2.45, 2.75) is 39.0 Å². The maximum absolute atomic E-state index is 11.4. The predicted molar refractivity (Wildman–Crippen MR) is 99.4 cm³/mol.